The molecule has 0 bridgehead atoms. The number of sulfonamides is 1. The molecule has 0 heterocycles. The van der Waals surface area contributed by atoms with Crippen molar-refractivity contribution in [3.05, 3.63) is 101 Å². The number of benzene rings is 3. The maximum absolute atomic E-state index is 14.0. The zero-order valence-corrected chi connectivity index (χ0v) is 24.4. The highest BCUT2D eigenvalue weighted by atomic mass is 32.2. The van der Waals surface area contributed by atoms with E-state index in [2.05, 4.69) is 5.32 Å². The maximum atomic E-state index is 14.0. The Kier molecular flexibility index (Phi) is 9.76. The first-order chi connectivity index (χ1) is 19.1. The summed E-state index contributed by atoms with van der Waals surface area (Å²) in [5.41, 5.74) is 3.79. The molecular formula is C32H39N3O4S. The molecule has 1 N–H and O–H groups in total. The van der Waals surface area contributed by atoms with Gasteiger partial charge in [-0.25, -0.2) is 8.42 Å². The lowest BCUT2D eigenvalue weighted by Crippen LogP contribution is -2.54. The van der Waals surface area contributed by atoms with Crippen LogP contribution in [0.5, 0.6) is 0 Å². The topological polar surface area (TPSA) is 86.8 Å². The molecule has 0 spiro atoms. The predicted octanol–water partition coefficient (Wildman–Crippen LogP) is 4.62. The van der Waals surface area contributed by atoms with Crippen LogP contribution in [0.15, 0.2) is 83.8 Å². The van der Waals surface area contributed by atoms with Crippen LogP contribution >= 0.6 is 0 Å². The van der Waals surface area contributed by atoms with Gasteiger partial charge in [-0.1, -0.05) is 90.7 Å². The molecule has 3 aromatic rings. The summed E-state index contributed by atoms with van der Waals surface area (Å²) in [6.07, 6.45) is 4.31. The minimum Gasteiger partial charge on any atom is -0.352 e. The monoisotopic (exact) mass is 561 g/mol. The van der Waals surface area contributed by atoms with E-state index in [1.165, 1.54) is 7.05 Å². The molecule has 0 unspecified atom stereocenters. The number of aryl methyl sites for hydroxylation is 2. The number of carbonyl (C=O) groups excluding carboxylic acids is 2. The molecule has 0 radical (unpaired) electrons. The van der Waals surface area contributed by atoms with Crippen molar-refractivity contribution in [2.45, 2.75) is 69.5 Å². The van der Waals surface area contributed by atoms with E-state index in [1.54, 1.807) is 29.2 Å². The van der Waals surface area contributed by atoms with E-state index in [9.17, 15) is 18.0 Å². The fraction of sp³-hybridized carbons (Fsp3) is 0.375. The molecule has 1 aliphatic carbocycles. The first-order valence-corrected chi connectivity index (χ1v) is 15.3. The van der Waals surface area contributed by atoms with Crippen molar-refractivity contribution in [2.24, 2.45) is 0 Å². The number of amides is 2. The van der Waals surface area contributed by atoms with E-state index in [1.807, 2.05) is 68.4 Å². The second kappa shape index (κ2) is 13.2. The maximum Gasteiger partial charge on any atom is 0.243 e. The van der Waals surface area contributed by atoms with E-state index >= 15 is 0 Å². The lowest BCUT2D eigenvalue weighted by Gasteiger charge is -2.33. The second-order valence-electron chi connectivity index (χ2n) is 10.8. The fourth-order valence-corrected chi connectivity index (χ4v) is 6.31. The zero-order valence-electron chi connectivity index (χ0n) is 23.5. The van der Waals surface area contributed by atoms with Gasteiger partial charge >= 0.3 is 0 Å². The van der Waals surface area contributed by atoms with Gasteiger partial charge in [0, 0.05) is 26.1 Å². The van der Waals surface area contributed by atoms with Gasteiger partial charge in [0.05, 0.1) is 11.4 Å². The molecular weight excluding hydrogens is 522 g/mol. The van der Waals surface area contributed by atoms with Crippen molar-refractivity contribution in [2.75, 3.05) is 13.6 Å². The molecule has 7 nitrogen and oxygen atoms in total. The third-order valence-corrected chi connectivity index (χ3v) is 9.31. The molecule has 212 valence electrons. The van der Waals surface area contributed by atoms with Gasteiger partial charge in [-0.05, 0) is 49.9 Å². The minimum absolute atomic E-state index is 0.0892. The normalized spacial score (nSPS) is 14.7. The quantitative estimate of drug-likeness (QED) is 0.370. The molecule has 0 aromatic heterocycles. The van der Waals surface area contributed by atoms with Crippen LogP contribution in [0.3, 0.4) is 0 Å². The Labute approximate surface area is 238 Å². The van der Waals surface area contributed by atoms with Gasteiger partial charge in [-0.15, -0.1) is 0 Å². The molecule has 1 fully saturated rings. The first kappa shape index (κ1) is 29.5. The summed E-state index contributed by atoms with van der Waals surface area (Å²) in [4.78, 5) is 29.5. The number of likely N-dealkylation sites (N-methyl/N-ethyl adjacent to an activating group) is 1. The van der Waals surface area contributed by atoms with Gasteiger partial charge in [-0.3, -0.25) is 9.59 Å². The van der Waals surface area contributed by atoms with Crippen molar-refractivity contribution in [3.8, 4) is 0 Å². The average molecular weight is 562 g/mol. The highest BCUT2D eigenvalue weighted by Gasteiger charge is 2.34. The Hall–Kier alpha value is -3.49. The largest absolute Gasteiger partial charge is 0.352 e. The molecule has 1 aliphatic rings. The summed E-state index contributed by atoms with van der Waals surface area (Å²) in [5.74, 6) is -0.636. The smallest absolute Gasteiger partial charge is 0.243 e. The van der Waals surface area contributed by atoms with Crippen LogP contribution in [0, 0.1) is 13.8 Å². The zero-order chi connectivity index (χ0) is 28.7. The standard InChI is InChI=1S/C32H39N3O4S/c1-24-16-18-29(19-17-24)40(38,39)34(3)23-31(36)35(22-27-13-9-10-25(2)20-27)30(21-26-11-5-4-6-12-26)32(37)33-28-14-7-8-15-28/h4-6,9-13,16-20,28,30H,7-8,14-15,21-23H2,1-3H3,(H,33,37)/t30-/m1/s1. The number of carbonyl (C=O) groups is 2. The van der Waals surface area contributed by atoms with E-state index in [0.29, 0.717) is 6.42 Å². The SMILES string of the molecule is Cc1ccc(S(=O)(=O)N(C)CC(=O)N(Cc2cccc(C)c2)[C@H](Cc2ccccc2)C(=O)NC2CCCC2)cc1. The molecule has 2 amide bonds. The van der Waals surface area contributed by atoms with Crippen LogP contribution in [0.25, 0.3) is 0 Å². The Balaban J connectivity index is 1.66. The molecule has 40 heavy (non-hydrogen) atoms. The van der Waals surface area contributed by atoms with Crippen LogP contribution in [-0.2, 0) is 32.6 Å². The molecule has 1 atom stereocenters. The number of hydrogen-bond acceptors (Lipinski definition) is 4. The van der Waals surface area contributed by atoms with Crippen molar-refractivity contribution < 1.29 is 18.0 Å². The molecule has 3 aromatic carbocycles. The van der Waals surface area contributed by atoms with Gasteiger partial charge in [0.1, 0.15) is 6.04 Å². The van der Waals surface area contributed by atoms with Crippen LogP contribution < -0.4 is 5.32 Å². The highest BCUT2D eigenvalue weighted by molar-refractivity contribution is 7.89. The number of rotatable bonds is 11. The van der Waals surface area contributed by atoms with Crippen molar-refractivity contribution in [3.63, 3.8) is 0 Å². The third kappa shape index (κ3) is 7.58. The Morgan fingerprint density at radius 2 is 1.52 bits per heavy atom. The van der Waals surface area contributed by atoms with Crippen molar-refractivity contribution in [1.82, 2.24) is 14.5 Å². The van der Waals surface area contributed by atoms with Crippen LogP contribution in [0.2, 0.25) is 0 Å². The summed E-state index contributed by atoms with van der Waals surface area (Å²) < 4.78 is 27.7. The Bertz CT molecular complexity index is 1400. The van der Waals surface area contributed by atoms with E-state index in [-0.39, 0.29) is 29.9 Å². The fourth-order valence-electron chi connectivity index (χ4n) is 5.19. The van der Waals surface area contributed by atoms with Gasteiger partial charge in [0.25, 0.3) is 0 Å². The van der Waals surface area contributed by atoms with Gasteiger partial charge in [-0.2, -0.15) is 4.31 Å². The summed E-state index contributed by atoms with van der Waals surface area (Å²) in [6, 6.07) is 23.3. The summed E-state index contributed by atoms with van der Waals surface area (Å²) in [6.45, 7) is 3.67. The van der Waals surface area contributed by atoms with Crippen molar-refractivity contribution in [1.29, 1.82) is 0 Å². The summed E-state index contributed by atoms with van der Waals surface area (Å²) in [5, 5.41) is 3.18. The Morgan fingerprint density at radius 3 is 2.17 bits per heavy atom. The first-order valence-electron chi connectivity index (χ1n) is 13.9. The van der Waals surface area contributed by atoms with E-state index in [4.69, 9.17) is 0 Å². The molecule has 1 saturated carbocycles. The average Bonchev–Trinajstić information content (AvgIpc) is 3.44. The summed E-state index contributed by atoms with van der Waals surface area (Å²) >= 11 is 0. The van der Waals surface area contributed by atoms with Gasteiger partial charge < -0.3 is 10.2 Å². The van der Waals surface area contributed by atoms with Gasteiger partial charge in [0.15, 0.2) is 0 Å². The minimum atomic E-state index is -3.90. The highest BCUT2D eigenvalue weighted by Crippen LogP contribution is 2.21. The van der Waals surface area contributed by atoms with E-state index in [0.717, 1.165) is 52.2 Å². The third-order valence-electron chi connectivity index (χ3n) is 7.50. The van der Waals surface area contributed by atoms with Crippen molar-refractivity contribution >= 4 is 21.8 Å². The summed E-state index contributed by atoms with van der Waals surface area (Å²) in [7, 11) is -2.50. The van der Waals surface area contributed by atoms with E-state index < -0.39 is 22.0 Å². The predicted molar refractivity (Wildman–Crippen MR) is 157 cm³/mol. The van der Waals surface area contributed by atoms with Crippen LogP contribution in [-0.4, -0.2) is 55.1 Å². The molecule has 0 aliphatic heterocycles. The lowest BCUT2D eigenvalue weighted by atomic mass is 10.0. The molecule has 4 rings (SSSR count). The number of nitrogens with one attached hydrogen (secondary N) is 1. The second-order valence-corrected chi connectivity index (χ2v) is 12.8. The molecule has 0 saturated heterocycles. The van der Waals surface area contributed by atoms with Crippen LogP contribution in [0.1, 0.15) is 47.9 Å². The Morgan fingerprint density at radius 1 is 0.875 bits per heavy atom. The lowest BCUT2D eigenvalue weighted by molar-refractivity contribution is -0.141. The van der Waals surface area contributed by atoms with Crippen LogP contribution in [0.4, 0.5) is 0 Å². The number of nitrogens with zero attached hydrogens (tertiary/aromatic N) is 2. The van der Waals surface area contributed by atoms with Gasteiger partial charge in [0.2, 0.25) is 21.8 Å². The number of hydrogen-bond donors (Lipinski definition) is 1. The molecule has 8 heteroatoms.